The molecule has 0 saturated heterocycles. The first-order chi connectivity index (χ1) is 18.0. The molecule has 0 saturated carbocycles. The Morgan fingerprint density at radius 1 is 0.789 bits per heavy atom. The van der Waals surface area contributed by atoms with Gasteiger partial charge >= 0.3 is 12.4 Å². The molecule has 1 N–H and O–H groups in total. The highest BCUT2D eigenvalue weighted by Crippen LogP contribution is 2.50. The summed E-state index contributed by atoms with van der Waals surface area (Å²) in [4.78, 5) is 14.4. The minimum absolute atomic E-state index is 0.195. The van der Waals surface area contributed by atoms with E-state index in [1.165, 1.54) is 24.3 Å². The number of carbonyl (C=O) groups excluding carboxylic acids is 1. The van der Waals surface area contributed by atoms with Gasteiger partial charge < -0.3 is 10.2 Å². The Kier molecular flexibility index (Phi) is 6.87. The van der Waals surface area contributed by atoms with E-state index in [1.54, 1.807) is 6.26 Å². The monoisotopic (exact) mass is 550 g/mol. The lowest BCUT2D eigenvalue weighted by Crippen LogP contribution is -2.37. The number of hydrogen-bond donors (Lipinski definition) is 1. The van der Waals surface area contributed by atoms with Crippen LogP contribution in [0.25, 0.3) is 0 Å². The lowest BCUT2D eigenvalue weighted by molar-refractivity contribution is -0.138. The number of nitrogens with zero attached hydrogens (tertiary/aromatic N) is 1. The Balaban J connectivity index is 1.61. The summed E-state index contributed by atoms with van der Waals surface area (Å²) < 4.78 is 78.9. The lowest BCUT2D eigenvalue weighted by Gasteiger charge is -2.43. The zero-order valence-electron chi connectivity index (χ0n) is 20.3. The second kappa shape index (κ2) is 9.87. The molecule has 2 heterocycles. The van der Waals surface area contributed by atoms with Crippen LogP contribution in [0.1, 0.15) is 58.1 Å². The third kappa shape index (κ3) is 5.10. The number of alkyl halides is 6. The number of carbonyl (C=O) groups is 1. The van der Waals surface area contributed by atoms with E-state index >= 15 is 0 Å². The maximum Gasteiger partial charge on any atom is 0.416 e. The van der Waals surface area contributed by atoms with Crippen LogP contribution in [-0.2, 0) is 12.4 Å². The van der Waals surface area contributed by atoms with Gasteiger partial charge in [-0.3, -0.25) is 4.79 Å². The fourth-order valence-corrected chi connectivity index (χ4v) is 5.76. The summed E-state index contributed by atoms with van der Waals surface area (Å²) in [6, 6.07) is 14.1. The summed E-state index contributed by atoms with van der Waals surface area (Å²) in [6.45, 7) is 1.39. The molecule has 1 amide bonds. The Morgan fingerprint density at radius 3 is 1.58 bits per heavy atom. The highest BCUT2D eigenvalue weighted by atomic mass is 32.2. The summed E-state index contributed by atoms with van der Waals surface area (Å²) in [6.07, 6.45) is -5.85. The maximum absolute atomic E-state index is 13.1. The van der Waals surface area contributed by atoms with Gasteiger partial charge in [-0.05, 0) is 77.7 Å². The molecule has 0 aromatic heterocycles. The number of amides is 1. The summed E-state index contributed by atoms with van der Waals surface area (Å²) in [5.74, 6) is -0.389. The molecule has 0 fully saturated rings. The first-order valence-electron chi connectivity index (χ1n) is 12.1. The second-order valence-electron chi connectivity index (χ2n) is 9.53. The molecule has 2 aliphatic rings. The fourth-order valence-electron chi connectivity index (χ4n) is 5.54. The summed E-state index contributed by atoms with van der Waals surface area (Å²) in [7, 11) is 0. The molecule has 3 aromatic rings. The molecular weight excluding hydrogens is 526 g/mol. The predicted octanol–water partition coefficient (Wildman–Crippen LogP) is 8.50. The van der Waals surface area contributed by atoms with Crippen LogP contribution >= 0.6 is 11.8 Å². The Labute approximate surface area is 220 Å². The van der Waals surface area contributed by atoms with Crippen molar-refractivity contribution in [1.29, 1.82) is 0 Å². The van der Waals surface area contributed by atoms with Gasteiger partial charge in [0.05, 0.1) is 11.1 Å². The predicted molar refractivity (Wildman–Crippen MR) is 137 cm³/mol. The van der Waals surface area contributed by atoms with Crippen molar-refractivity contribution in [3.8, 4) is 0 Å². The van der Waals surface area contributed by atoms with E-state index < -0.39 is 23.5 Å². The smallest absolute Gasteiger partial charge is 0.371 e. The van der Waals surface area contributed by atoms with Crippen LogP contribution in [0.4, 0.5) is 42.5 Å². The zero-order chi connectivity index (χ0) is 27.2. The quantitative estimate of drug-likeness (QED) is 0.332. The molecule has 38 heavy (non-hydrogen) atoms. The molecule has 3 nitrogen and oxygen atoms in total. The number of halogens is 6. The van der Waals surface area contributed by atoms with Gasteiger partial charge in [-0.25, -0.2) is 0 Å². The summed E-state index contributed by atoms with van der Waals surface area (Å²) in [5, 5.41) is 2.60. The van der Waals surface area contributed by atoms with Gasteiger partial charge in [-0.1, -0.05) is 36.0 Å². The van der Waals surface area contributed by atoms with Gasteiger partial charge in [0.25, 0.3) is 5.24 Å². The summed E-state index contributed by atoms with van der Waals surface area (Å²) in [5.41, 5.74) is 3.32. The average Bonchev–Trinajstić information content (AvgIpc) is 2.88. The van der Waals surface area contributed by atoms with Crippen LogP contribution in [0.2, 0.25) is 0 Å². The topological polar surface area (TPSA) is 32.3 Å². The first kappa shape index (κ1) is 26.5. The first-order valence-corrected chi connectivity index (χ1v) is 13.3. The number of thioether (sulfide) groups is 1. The summed E-state index contributed by atoms with van der Waals surface area (Å²) >= 11 is 1.01. The Hall–Kier alpha value is -3.14. The molecule has 0 spiro atoms. The van der Waals surface area contributed by atoms with Crippen molar-refractivity contribution in [2.24, 2.45) is 0 Å². The molecule has 3 aromatic carbocycles. The number of nitrogens with one attached hydrogen (secondary N) is 1. The van der Waals surface area contributed by atoms with Crippen LogP contribution < -0.4 is 10.2 Å². The van der Waals surface area contributed by atoms with E-state index in [0.29, 0.717) is 31.6 Å². The van der Waals surface area contributed by atoms with Crippen molar-refractivity contribution in [3.05, 3.63) is 94.0 Å². The molecular formula is C28H24F6N2OS. The van der Waals surface area contributed by atoms with E-state index in [1.807, 2.05) is 12.1 Å². The van der Waals surface area contributed by atoms with Crippen LogP contribution in [0, 0.1) is 0 Å². The number of hydrogen-bond acceptors (Lipinski definition) is 3. The molecule has 2 atom stereocenters. The van der Waals surface area contributed by atoms with Crippen molar-refractivity contribution >= 4 is 28.4 Å². The zero-order valence-corrected chi connectivity index (χ0v) is 21.1. The Bertz CT molecular complexity index is 1240. The van der Waals surface area contributed by atoms with Gasteiger partial charge in [0.15, 0.2) is 0 Å². The Morgan fingerprint density at radius 2 is 1.21 bits per heavy atom. The van der Waals surface area contributed by atoms with Crippen molar-refractivity contribution < 1.29 is 31.1 Å². The van der Waals surface area contributed by atoms with E-state index in [2.05, 4.69) is 10.2 Å². The standard InChI is InChI=1S/C28H24F6N2OS/c1-38-26(37)35-20-14-23-21(16-2-6-18(7-3-16)27(29,30)31)10-12-36-13-11-22(24(15-20)25(23)36)17-4-8-19(9-5-17)28(32,33)34/h2-9,14-15,21-22H,10-13H2,1H3,(H,35,37)/t21-,22-/m0/s1. The van der Waals surface area contributed by atoms with Gasteiger partial charge in [0.1, 0.15) is 0 Å². The van der Waals surface area contributed by atoms with Crippen molar-refractivity contribution in [2.75, 3.05) is 29.6 Å². The molecule has 200 valence electrons. The number of rotatable bonds is 3. The average molecular weight is 551 g/mol. The van der Waals surface area contributed by atoms with E-state index in [9.17, 15) is 31.1 Å². The van der Waals surface area contributed by atoms with E-state index in [-0.39, 0.29) is 17.1 Å². The normalized spacial score (nSPS) is 19.2. The molecule has 0 unspecified atom stereocenters. The third-order valence-corrected chi connectivity index (χ3v) is 7.80. The van der Waals surface area contributed by atoms with E-state index in [0.717, 1.165) is 64.0 Å². The highest BCUT2D eigenvalue weighted by molar-refractivity contribution is 8.13. The van der Waals surface area contributed by atoms with Crippen molar-refractivity contribution in [2.45, 2.75) is 37.0 Å². The van der Waals surface area contributed by atoms with Crippen LogP contribution in [0.5, 0.6) is 0 Å². The molecule has 2 aliphatic heterocycles. The van der Waals surface area contributed by atoms with Crippen LogP contribution in [0.3, 0.4) is 0 Å². The van der Waals surface area contributed by atoms with Gasteiger partial charge in [-0.15, -0.1) is 0 Å². The highest BCUT2D eigenvalue weighted by Gasteiger charge is 2.37. The molecule has 0 bridgehead atoms. The lowest BCUT2D eigenvalue weighted by atomic mass is 9.76. The van der Waals surface area contributed by atoms with Gasteiger partial charge in [0, 0.05) is 36.3 Å². The number of benzene rings is 3. The van der Waals surface area contributed by atoms with Crippen LogP contribution in [-0.4, -0.2) is 24.6 Å². The van der Waals surface area contributed by atoms with Gasteiger partial charge in [-0.2, -0.15) is 26.3 Å². The second-order valence-corrected chi connectivity index (χ2v) is 10.3. The van der Waals surface area contributed by atoms with Gasteiger partial charge in [0.2, 0.25) is 0 Å². The minimum atomic E-state index is -4.43. The fraction of sp³-hybridized carbons (Fsp3) is 0.321. The van der Waals surface area contributed by atoms with Crippen molar-refractivity contribution in [1.82, 2.24) is 0 Å². The maximum atomic E-state index is 13.1. The minimum Gasteiger partial charge on any atom is -0.371 e. The van der Waals surface area contributed by atoms with E-state index in [4.69, 9.17) is 0 Å². The SMILES string of the molecule is CSC(=O)Nc1cc2c3c(c1)[C@H](c1ccc(C(F)(F)F)cc1)CCN3CC[C@H]2c1ccc(C(F)(F)F)cc1. The van der Waals surface area contributed by atoms with Crippen molar-refractivity contribution in [3.63, 3.8) is 0 Å². The number of anilines is 2. The molecule has 10 heteroatoms. The van der Waals surface area contributed by atoms with Crippen LogP contribution in [0.15, 0.2) is 60.7 Å². The molecule has 0 aliphatic carbocycles. The third-order valence-electron chi connectivity index (χ3n) is 7.32. The molecule has 0 radical (unpaired) electrons. The molecule has 5 rings (SSSR count). The largest absolute Gasteiger partial charge is 0.416 e.